The minimum Gasteiger partial charge on any atom is -0.406 e. The first kappa shape index (κ1) is 13.4. The highest BCUT2D eigenvalue weighted by Gasteiger charge is 2.31. The Hall–Kier alpha value is -2.02. The van der Waals surface area contributed by atoms with Gasteiger partial charge >= 0.3 is 6.36 Å². The van der Waals surface area contributed by atoms with E-state index in [0.29, 0.717) is 11.4 Å². The summed E-state index contributed by atoms with van der Waals surface area (Å²) in [6, 6.07) is 4.93. The van der Waals surface area contributed by atoms with Gasteiger partial charge in [0.05, 0.1) is 6.04 Å². The van der Waals surface area contributed by atoms with Gasteiger partial charge in [-0.25, -0.2) is 4.98 Å². The van der Waals surface area contributed by atoms with Gasteiger partial charge in [0.15, 0.2) is 0 Å². The van der Waals surface area contributed by atoms with Crippen LogP contribution >= 0.6 is 0 Å². The van der Waals surface area contributed by atoms with Crippen molar-refractivity contribution in [3.8, 4) is 5.75 Å². The zero-order chi connectivity index (χ0) is 14.0. The number of hydrogen-bond acceptors (Lipinski definition) is 3. The van der Waals surface area contributed by atoms with E-state index in [1.165, 1.54) is 24.3 Å². The van der Waals surface area contributed by atoms with Crippen molar-refractivity contribution in [1.29, 1.82) is 0 Å². The van der Waals surface area contributed by atoms with Crippen LogP contribution in [0.1, 0.15) is 17.4 Å². The fourth-order valence-corrected chi connectivity index (χ4v) is 1.70. The number of nitrogens with zero attached hydrogens (tertiary/aromatic N) is 2. The maximum Gasteiger partial charge on any atom is 0.573 e. The van der Waals surface area contributed by atoms with E-state index in [4.69, 9.17) is 5.73 Å². The minimum atomic E-state index is -4.69. The SMILES string of the molecule is Cn1ccnc1C(N)c1ccc(OC(F)(F)F)cc1. The average Bonchev–Trinajstić information content (AvgIpc) is 2.73. The maximum atomic E-state index is 12.0. The van der Waals surface area contributed by atoms with E-state index >= 15 is 0 Å². The summed E-state index contributed by atoms with van der Waals surface area (Å²) in [5.74, 6) is 0.354. The number of aromatic nitrogens is 2. The monoisotopic (exact) mass is 271 g/mol. The molecular weight excluding hydrogens is 259 g/mol. The minimum absolute atomic E-state index is 0.275. The van der Waals surface area contributed by atoms with Gasteiger partial charge in [0, 0.05) is 19.4 Å². The Morgan fingerprint density at radius 1 is 1.26 bits per heavy atom. The summed E-state index contributed by atoms with van der Waals surface area (Å²) < 4.78 is 41.6. The highest BCUT2D eigenvalue weighted by molar-refractivity contribution is 5.31. The van der Waals surface area contributed by atoms with E-state index in [9.17, 15) is 13.2 Å². The van der Waals surface area contributed by atoms with E-state index in [0.717, 1.165) is 0 Å². The number of aryl methyl sites for hydroxylation is 1. The van der Waals surface area contributed by atoms with Gasteiger partial charge in [-0.1, -0.05) is 12.1 Å². The number of nitrogens with two attached hydrogens (primary N) is 1. The Balaban J connectivity index is 2.17. The molecule has 0 aliphatic carbocycles. The van der Waals surface area contributed by atoms with Gasteiger partial charge in [0.2, 0.25) is 0 Å². The van der Waals surface area contributed by atoms with Crippen molar-refractivity contribution >= 4 is 0 Å². The highest BCUT2D eigenvalue weighted by Crippen LogP contribution is 2.25. The van der Waals surface area contributed by atoms with Crippen LogP contribution in [0.4, 0.5) is 13.2 Å². The molecule has 0 spiro atoms. The van der Waals surface area contributed by atoms with Crippen molar-refractivity contribution in [2.24, 2.45) is 12.8 Å². The van der Waals surface area contributed by atoms with Crippen molar-refractivity contribution in [3.05, 3.63) is 48.0 Å². The van der Waals surface area contributed by atoms with E-state index in [2.05, 4.69) is 9.72 Å². The average molecular weight is 271 g/mol. The first-order valence-corrected chi connectivity index (χ1v) is 5.45. The first-order chi connectivity index (χ1) is 8.87. The van der Waals surface area contributed by atoms with Crippen LogP contribution in [0.2, 0.25) is 0 Å². The lowest BCUT2D eigenvalue weighted by atomic mass is 10.1. The number of benzene rings is 1. The third-order valence-electron chi connectivity index (χ3n) is 2.61. The molecule has 2 aromatic rings. The molecule has 0 saturated carbocycles. The zero-order valence-corrected chi connectivity index (χ0v) is 10.1. The molecule has 0 saturated heterocycles. The lowest BCUT2D eigenvalue weighted by Gasteiger charge is -2.13. The van der Waals surface area contributed by atoms with Crippen molar-refractivity contribution in [2.75, 3.05) is 0 Å². The van der Waals surface area contributed by atoms with E-state index < -0.39 is 12.4 Å². The Bertz CT molecular complexity index is 548. The molecule has 1 heterocycles. The van der Waals surface area contributed by atoms with Crippen LogP contribution < -0.4 is 10.5 Å². The standard InChI is InChI=1S/C12H12F3N3O/c1-18-7-6-17-11(18)10(16)8-2-4-9(5-3-8)19-12(13,14)15/h2-7,10H,16H2,1H3. The molecule has 4 nitrogen and oxygen atoms in total. The molecule has 1 atom stereocenters. The van der Waals surface area contributed by atoms with Crippen molar-refractivity contribution in [1.82, 2.24) is 9.55 Å². The van der Waals surface area contributed by atoms with Gasteiger partial charge in [0.1, 0.15) is 11.6 Å². The van der Waals surface area contributed by atoms with Gasteiger partial charge in [-0.15, -0.1) is 13.2 Å². The molecule has 2 N–H and O–H groups in total. The van der Waals surface area contributed by atoms with Crippen LogP contribution in [0.25, 0.3) is 0 Å². The molecule has 2 rings (SSSR count). The fraction of sp³-hybridized carbons (Fsp3) is 0.250. The van der Waals surface area contributed by atoms with Gasteiger partial charge in [0.25, 0.3) is 0 Å². The van der Waals surface area contributed by atoms with Crippen molar-refractivity contribution < 1.29 is 17.9 Å². The molecule has 0 amide bonds. The number of alkyl halides is 3. The second kappa shape index (κ2) is 4.93. The molecule has 0 aliphatic rings. The quantitative estimate of drug-likeness (QED) is 0.932. The summed E-state index contributed by atoms with van der Waals surface area (Å²) in [5.41, 5.74) is 6.65. The fourth-order valence-electron chi connectivity index (χ4n) is 1.70. The van der Waals surface area contributed by atoms with Crippen LogP contribution in [-0.4, -0.2) is 15.9 Å². The summed E-state index contributed by atoms with van der Waals surface area (Å²) >= 11 is 0. The van der Waals surface area contributed by atoms with Crippen molar-refractivity contribution in [2.45, 2.75) is 12.4 Å². The molecule has 1 aromatic carbocycles. The molecule has 102 valence electrons. The summed E-state index contributed by atoms with van der Waals surface area (Å²) in [6.45, 7) is 0. The maximum absolute atomic E-state index is 12.0. The van der Waals surface area contributed by atoms with Crippen LogP contribution in [0.3, 0.4) is 0 Å². The summed E-state index contributed by atoms with van der Waals surface area (Å²) in [4.78, 5) is 4.10. The summed E-state index contributed by atoms with van der Waals surface area (Å²) in [6.07, 6.45) is -1.34. The second-order valence-electron chi connectivity index (χ2n) is 3.99. The van der Waals surface area contributed by atoms with E-state index in [-0.39, 0.29) is 5.75 Å². The smallest absolute Gasteiger partial charge is 0.406 e. The van der Waals surface area contributed by atoms with Gasteiger partial charge < -0.3 is 15.0 Å². The number of ether oxygens (including phenoxy) is 1. The van der Waals surface area contributed by atoms with E-state index in [1.54, 1.807) is 24.0 Å². The highest BCUT2D eigenvalue weighted by atomic mass is 19.4. The number of imidazole rings is 1. The molecule has 0 bridgehead atoms. The molecule has 0 fully saturated rings. The molecule has 1 unspecified atom stereocenters. The van der Waals surface area contributed by atoms with Crippen LogP contribution in [0.5, 0.6) is 5.75 Å². The number of hydrogen-bond donors (Lipinski definition) is 1. The Morgan fingerprint density at radius 3 is 2.37 bits per heavy atom. The van der Waals surface area contributed by atoms with Gasteiger partial charge in [-0.3, -0.25) is 0 Å². The second-order valence-corrected chi connectivity index (χ2v) is 3.99. The predicted octanol–water partition coefficient (Wildman–Crippen LogP) is 2.37. The molecule has 19 heavy (non-hydrogen) atoms. The predicted molar refractivity (Wildman–Crippen MR) is 62.4 cm³/mol. The molecule has 0 aliphatic heterocycles. The lowest BCUT2D eigenvalue weighted by molar-refractivity contribution is -0.274. The first-order valence-electron chi connectivity index (χ1n) is 5.45. The summed E-state index contributed by atoms with van der Waals surface area (Å²) in [5, 5.41) is 0. The van der Waals surface area contributed by atoms with Crippen molar-refractivity contribution in [3.63, 3.8) is 0 Å². The zero-order valence-electron chi connectivity index (χ0n) is 10.1. The Morgan fingerprint density at radius 2 is 1.89 bits per heavy atom. The van der Waals surface area contributed by atoms with Crippen LogP contribution in [0.15, 0.2) is 36.7 Å². The van der Waals surface area contributed by atoms with E-state index in [1.807, 2.05) is 0 Å². The normalized spacial score (nSPS) is 13.3. The van der Waals surface area contributed by atoms with Crippen LogP contribution in [0, 0.1) is 0 Å². The van der Waals surface area contributed by atoms with Gasteiger partial charge in [-0.05, 0) is 17.7 Å². The third kappa shape index (κ3) is 3.25. The lowest BCUT2D eigenvalue weighted by Crippen LogP contribution is -2.18. The Labute approximate surface area is 107 Å². The molecule has 7 heteroatoms. The van der Waals surface area contributed by atoms with Gasteiger partial charge in [-0.2, -0.15) is 0 Å². The number of rotatable bonds is 3. The Kier molecular flexibility index (Phi) is 3.48. The molecular formula is C12H12F3N3O. The van der Waals surface area contributed by atoms with Crippen LogP contribution in [-0.2, 0) is 7.05 Å². The molecule has 0 radical (unpaired) electrons. The topological polar surface area (TPSA) is 53.1 Å². The molecule has 1 aromatic heterocycles. The third-order valence-corrected chi connectivity index (χ3v) is 2.61. The largest absolute Gasteiger partial charge is 0.573 e. The number of halogens is 3. The summed E-state index contributed by atoms with van der Waals surface area (Å²) in [7, 11) is 1.79.